The molecule has 2 amide bonds. The minimum atomic E-state index is -3.56. The average Bonchev–Trinajstić information content (AvgIpc) is 2.72. The van der Waals surface area contributed by atoms with E-state index in [0.29, 0.717) is 31.1 Å². The summed E-state index contributed by atoms with van der Waals surface area (Å²) in [6.45, 7) is 3.12. The molecule has 1 aromatic carbocycles. The third-order valence-electron chi connectivity index (χ3n) is 5.57. The summed E-state index contributed by atoms with van der Waals surface area (Å²) >= 11 is 0. The van der Waals surface area contributed by atoms with Gasteiger partial charge in [-0.25, -0.2) is 13.2 Å². The molecule has 1 fully saturated rings. The Balaban J connectivity index is 1.64. The molecule has 1 aromatic rings. The van der Waals surface area contributed by atoms with E-state index in [0.717, 1.165) is 31.2 Å². The number of hydrogen-bond donors (Lipinski definition) is 1. The van der Waals surface area contributed by atoms with E-state index in [9.17, 15) is 18.0 Å². The quantitative estimate of drug-likeness (QED) is 0.801. The highest BCUT2D eigenvalue weighted by atomic mass is 32.2. The Kier molecular flexibility index (Phi) is 6.36. The molecular formula is C19H27N3O5S. The number of methoxy groups -OCH3 is 1. The molecular weight excluding hydrogens is 382 g/mol. The van der Waals surface area contributed by atoms with Gasteiger partial charge in [0.15, 0.2) is 0 Å². The maximum Gasteiger partial charge on any atom is 0.413 e. The van der Waals surface area contributed by atoms with Crippen LogP contribution in [0.1, 0.15) is 30.9 Å². The number of amides is 2. The molecule has 9 heteroatoms. The zero-order valence-corrected chi connectivity index (χ0v) is 17.1. The number of carbonyl (C=O) groups is 2. The van der Waals surface area contributed by atoms with Crippen LogP contribution in [-0.4, -0.2) is 69.0 Å². The monoisotopic (exact) mass is 409 g/mol. The minimum absolute atomic E-state index is 0.301. The van der Waals surface area contributed by atoms with E-state index in [2.05, 4.69) is 10.1 Å². The Morgan fingerprint density at radius 2 is 1.71 bits per heavy atom. The van der Waals surface area contributed by atoms with Crippen molar-refractivity contribution in [2.75, 3.05) is 33.3 Å². The second-order valence-electron chi connectivity index (χ2n) is 7.23. The van der Waals surface area contributed by atoms with Crippen LogP contribution in [0.2, 0.25) is 0 Å². The van der Waals surface area contributed by atoms with Gasteiger partial charge < -0.3 is 4.74 Å². The molecule has 1 aliphatic carbocycles. The van der Waals surface area contributed by atoms with Crippen molar-refractivity contribution in [2.45, 2.75) is 43.5 Å². The standard InChI is InChI=1S/C19H27N3O5S/c1-14(18(23)20-19(24)27-2)21-9-11-22(12-10-21)28(25,26)17-8-7-15-5-3-4-6-16(15)13-17/h7-8,13-14H,3-6,9-12H2,1-2H3,(H,20,23,24)/t14-/m1/s1. The Morgan fingerprint density at radius 3 is 2.36 bits per heavy atom. The number of alkyl carbamates (subject to hydrolysis) is 1. The van der Waals surface area contributed by atoms with E-state index in [1.54, 1.807) is 13.0 Å². The molecule has 1 N–H and O–H groups in total. The third kappa shape index (κ3) is 4.37. The predicted molar refractivity (Wildman–Crippen MR) is 103 cm³/mol. The third-order valence-corrected chi connectivity index (χ3v) is 7.46. The summed E-state index contributed by atoms with van der Waals surface area (Å²) in [6.07, 6.45) is 3.40. The molecule has 0 saturated carbocycles. The molecule has 3 rings (SSSR count). The van der Waals surface area contributed by atoms with E-state index in [1.165, 1.54) is 17.0 Å². The largest absolute Gasteiger partial charge is 0.453 e. The Bertz CT molecular complexity index is 847. The SMILES string of the molecule is COC(=O)NC(=O)[C@@H](C)N1CCN(S(=O)(=O)c2ccc3c(c2)CCCC3)CC1. The number of sulfonamides is 1. The van der Waals surface area contributed by atoms with Gasteiger partial charge in [0.2, 0.25) is 15.9 Å². The number of imide groups is 1. The summed E-state index contributed by atoms with van der Waals surface area (Å²) in [4.78, 5) is 25.5. The van der Waals surface area contributed by atoms with Crippen molar-refractivity contribution in [3.05, 3.63) is 29.3 Å². The Morgan fingerprint density at radius 1 is 1.07 bits per heavy atom. The van der Waals surface area contributed by atoms with Crippen molar-refractivity contribution in [3.8, 4) is 0 Å². The summed E-state index contributed by atoms with van der Waals surface area (Å²) in [5.41, 5.74) is 2.39. The van der Waals surface area contributed by atoms with Gasteiger partial charge in [-0.05, 0) is 55.9 Å². The lowest BCUT2D eigenvalue weighted by Gasteiger charge is -2.36. The first-order valence-corrected chi connectivity index (χ1v) is 11.0. The van der Waals surface area contributed by atoms with Crippen molar-refractivity contribution >= 4 is 22.0 Å². The molecule has 1 aliphatic heterocycles. The average molecular weight is 410 g/mol. The first-order chi connectivity index (χ1) is 13.3. The number of benzene rings is 1. The molecule has 1 atom stereocenters. The van der Waals surface area contributed by atoms with Gasteiger partial charge in [-0.2, -0.15) is 4.31 Å². The number of piperazine rings is 1. The van der Waals surface area contributed by atoms with E-state index >= 15 is 0 Å². The Labute approximate surface area is 165 Å². The summed E-state index contributed by atoms with van der Waals surface area (Å²) in [6, 6.07) is 4.92. The van der Waals surface area contributed by atoms with Crippen LogP contribution < -0.4 is 5.32 Å². The van der Waals surface area contributed by atoms with Crippen LogP contribution in [0.3, 0.4) is 0 Å². The maximum atomic E-state index is 13.0. The van der Waals surface area contributed by atoms with E-state index in [1.807, 2.05) is 17.0 Å². The van der Waals surface area contributed by atoms with Crippen LogP contribution in [0.15, 0.2) is 23.1 Å². The first kappa shape index (κ1) is 20.8. The summed E-state index contributed by atoms with van der Waals surface area (Å²) in [7, 11) is -2.36. The second-order valence-corrected chi connectivity index (χ2v) is 9.17. The van der Waals surface area contributed by atoms with Crippen LogP contribution >= 0.6 is 0 Å². The fourth-order valence-corrected chi connectivity index (χ4v) is 5.25. The van der Waals surface area contributed by atoms with Crippen LogP contribution in [0.4, 0.5) is 4.79 Å². The summed E-state index contributed by atoms with van der Waals surface area (Å²) < 4.78 is 32.0. The van der Waals surface area contributed by atoms with E-state index in [4.69, 9.17) is 0 Å². The van der Waals surface area contributed by atoms with Crippen molar-refractivity contribution in [1.29, 1.82) is 0 Å². The molecule has 0 unspecified atom stereocenters. The number of carbonyl (C=O) groups excluding carboxylic acids is 2. The Hall–Kier alpha value is -1.97. The highest BCUT2D eigenvalue weighted by Gasteiger charge is 2.32. The van der Waals surface area contributed by atoms with Gasteiger partial charge >= 0.3 is 6.09 Å². The molecule has 0 bridgehead atoms. The maximum absolute atomic E-state index is 13.0. The van der Waals surface area contributed by atoms with Gasteiger partial charge in [-0.3, -0.25) is 15.0 Å². The molecule has 1 saturated heterocycles. The number of rotatable bonds is 4. The number of aryl methyl sites for hydroxylation is 2. The van der Waals surface area contributed by atoms with Gasteiger partial charge in [0, 0.05) is 26.2 Å². The highest BCUT2D eigenvalue weighted by molar-refractivity contribution is 7.89. The van der Waals surface area contributed by atoms with Crippen LogP contribution in [-0.2, 0) is 32.4 Å². The molecule has 0 spiro atoms. The zero-order valence-electron chi connectivity index (χ0n) is 16.3. The van der Waals surface area contributed by atoms with Gasteiger partial charge in [0.25, 0.3) is 0 Å². The number of nitrogens with zero attached hydrogens (tertiary/aromatic N) is 2. The lowest BCUT2D eigenvalue weighted by Crippen LogP contribution is -2.55. The number of fused-ring (bicyclic) bond motifs is 1. The van der Waals surface area contributed by atoms with Crippen molar-refractivity contribution in [3.63, 3.8) is 0 Å². The topological polar surface area (TPSA) is 96.0 Å². The van der Waals surface area contributed by atoms with Crippen molar-refractivity contribution in [2.24, 2.45) is 0 Å². The molecule has 0 aromatic heterocycles. The summed E-state index contributed by atoms with van der Waals surface area (Å²) in [5.74, 6) is -0.460. The molecule has 0 radical (unpaired) electrons. The predicted octanol–water partition coefficient (Wildman–Crippen LogP) is 1.14. The first-order valence-electron chi connectivity index (χ1n) is 9.57. The molecule has 2 aliphatic rings. The minimum Gasteiger partial charge on any atom is -0.453 e. The lowest BCUT2D eigenvalue weighted by atomic mass is 9.92. The number of ether oxygens (including phenoxy) is 1. The fourth-order valence-electron chi connectivity index (χ4n) is 3.77. The van der Waals surface area contributed by atoms with Gasteiger partial charge in [0.1, 0.15) is 0 Å². The molecule has 154 valence electrons. The van der Waals surface area contributed by atoms with Crippen LogP contribution in [0.25, 0.3) is 0 Å². The molecule has 28 heavy (non-hydrogen) atoms. The van der Waals surface area contributed by atoms with Crippen molar-refractivity contribution in [1.82, 2.24) is 14.5 Å². The van der Waals surface area contributed by atoms with Crippen molar-refractivity contribution < 1.29 is 22.7 Å². The number of nitrogens with one attached hydrogen (secondary N) is 1. The normalized spacial score (nSPS) is 19.5. The second kappa shape index (κ2) is 8.59. The van der Waals surface area contributed by atoms with E-state index in [-0.39, 0.29) is 0 Å². The van der Waals surface area contributed by atoms with Crippen LogP contribution in [0, 0.1) is 0 Å². The molecule has 8 nitrogen and oxygen atoms in total. The lowest BCUT2D eigenvalue weighted by molar-refractivity contribution is -0.125. The zero-order chi connectivity index (χ0) is 20.3. The van der Waals surface area contributed by atoms with Gasteiger partial charge in [-0.1, -0.05) is 6.07 Å². The van der Waals surface area contributed by atoms with Crippen LogP contribution in [0.5, 0.6) is 0 Å². The molecule has 1 heterocycles. The fraction of sp³-hybridized carbons (Fsp3) is 0.579. The smallest absolute Gasteiger partial charge is 0.413 e. The van der Waals surface area contributed by atoms with Gasteiger partial charge in [-0.15, -0.1) is 0 Å². The highest BCUT2D eigenvalue weighted by Crippen LogP contribution is 2.26. The number of hydrogen-bond acceptors (Lipinski definition) is 6. The van der Waals surface area contributed by atoms with E-state index < -0.39 is 28.1 Å². The summed E-state index contributed by atoms with van der Waals surface area (Å²) in [5, 5.41) is 2.15. The van der Waals surface area contributed by atoms with Gasteiger partial charge in [0.05, 0.1) is 18.0 Å².